The summed E-state index contributed by atoms with van der Waals surface area (Å²) in [6, 6.07) is -0.403. The first-order chi connectivity index (χ1) is 8.32. The molecule has 4 N–H and O–H groups in total. The van der Waals surface area contributed by atoms with Gasteiger partial charge in [-0.2, -0.15) is 5.10 Å². The molecule has 1 aliphatic rings. The fourth-order valence-corrected chi connectivity index (χ4v) is 2.28. The summed E-state index contributed by atoms with van der Waals surface area (Å²) >= 11 is 0. The van der Waals surface area contributed by atoms with E-state index >= 15 is 0 Å². The number of carbonyl (C=O) groups excluding carboxylic acids is 1. The van der Waals surface area contributed by atoms with E-state index in [9.17, 15) is 9.90 Å². The summed E-state index contributed by atoms with van der Waals surface area (Å²) < 4.78 is 0. The van der Waals surface area contributed by atoms with E-state index in [0.29, 0.717) is 6.54 Å². The fraction of sp³-hybridized carbons (Fsp3) is 0.500. The van der Waals surface area contributed by atoms with Gasteiger partial charge in [-0.3, -0.25) is 9.89 Å². The minimum Gasteiger partial charge on any atom is -0.508 e. The maximum absolute atomic E-state index is 12.1. The summed E-state index contributed by atoms with van der Waals surface area (Å²) in [6.45, 7) is 6.26. The van der Waals surface area contributed by atoms with Crippen molar-refractivity contribution in [1.82, 2.24) is 15.1 Å². The zero-order valence-electron chi connectivity index (χ0n) is 10.8. The molecule has 1 atom stereocenters. The van der Waals surface area contributed by atoms with Crippen LogP contribution in [0.15, 0.2) is 23.8 Å². The highest BCUT2D eigenvalue weighted by molar-refractivity contribution is 5.96. The molecule has 1 aliphatic heterocycles. The lowest BCUT2D eigenvalue weighted by atomic mass is 9.85. The van der Waals surface area contributed by atoms with Gasteiger partial charge in [-0.15, -0.1) is 0 Å². The number of nitrogens with zero attached hydrogens (tertiary/aromatic N) is 2. The Morgan fingerprint density at radius 2 is 2.22 bits per heavy atom. The van der Waals surface area contributed by atoms with Crippen LogP contribution in [0.2, 0.25) is 0 Å². The number of nitrogens with two attached hydrogens (primary N) is 1. The van der Waals surface area contributed by atoms with Crippen LogP contribution in [0.3, 0.4) is 0 Å². The van der Waals surface area contributed by atoms with Crippen LogP contribution in [0.1, 0.15) is 26.3 Å². The van der Waals surface area contributed by atoms with Gasteiger partial charge >= 0.3 is 0 Å². The van der Waals surface area contributed by atoms with E-state index < -0.39 is 6.04 Å². The van der Waals surface area contributed by atoms with Crippen molar-refractivity contribution in [3.8, 4) is 0 Å². The molecule has 0 aliphatic carbocycles. The third-order valence-corrected chi connectivity index (χ3v) is 3.07. The smallest absolute Gasteiger partial charge is 0.274 e. The summed E-state index contributed by atoms with van der Waals surface area (Å²) in [6.07, 6.45) is 3.37. The maximum atomic E-state index is 12.1. The lowest BCUT2D eigenvalue weighted by Crippen LogP contribution is -2.43. The van der Waals surface area contributed by atoms with Crippen LogP contribution in [-0.2, 0) is 11.3 Å². The van der Waals surface area contributed by atoms with E-state index in [4.69, 9.17) is 5.73 Å². The Morgan fingerprint density at radius 1 is 1.56 bits per heavy atom. The molecule has 98 valence electrons. The number of aliphatic hydroxyl groups is 1. The molecular weight excluding hydrogens is 232 g/mol. The second-order valence-corrected chi connectivity index (χ2v) is 5.61. The third kappa shape index (κ3) is 1.94. The second-order valence-electron chi connectivity index (χ2n) is 5.61. The summed E-state index contributed by atoms with van der Waals surface area (Å²) in [5.41, 5.74) is 6.17. The quantitative estimate of drug-likeness (QED) is 0.726. The lowest BCUT2D eigenvalue weighted by Gasteiger charge is -2.34. The molecule has 0 fully saturated rings. The van der Waals surface area contributed by atoms with Gasteiger partial charge in [0.05, 0.1) is 12.2 Å². The van der Waals surface area contributed by atoms with Crippen molar-refractivity contribution in [1.29, 1.82) is 0 Å². The van der Waals surface area contributed by atoms with Crippen LogP contribution < -0.4 is 5.73 Å². The topological polar surface area (TPSA) is 95.2 Å². The first kappa shape index (κ1) is 12.5. The maximum Gasteiger partial charge on any atom is 0.274 e. The molecule has 0 unspecified atom stereocenters. The average molecular weight is 250 g/mol. The number of aromatic nitrogens is 2. The Kier molecular flexibility index (Phi) is 2.80. The Bertz CT molecular complexity index is 485. The van der Waals surface area contributed by atoms with Gasteiger partial charge in [0, 0.05) is 18.3 Å². The zero-order valence-corrected chi connectivity index (χ0v) is 10.8. The molecule has 6 nitrogen and oxygen atoms in total. The number of aliphatic hydroxyl groups excluding tert-OH is 1. The Balaban J connectivity index is 2.31. The van der Waals surface area contributed by atoms with Crippen molar-refractivity contribution in [2.24, 2.45) is 11.1 Å². The number of rotatable bonds is 2. The van der Waals surface area contributed by atoms with Crippen molar-refractivity contribution in [3.05, 3.63) is 29.4 Å². The first-order valence-electron chi connectivity index (χ1n) is 5.79. The average Bonchev–Trinajstić information content (AvgIpc) is 2.82. The van der Waals surface area contributed by atoms with Crippen molar-refractivity contribution >= 4 is 5.91 Å². The normalized spacial score (nSPS) is 20.9. The van der Waals surface area contributed by atoms with E-state index in [0.717, 1.165) is 5.56 Å². The molecule has 0 saturated heterocycles. The number of H-pyrrole nitrogens is 1. The Hall–Kier alpha value is -1.98. The van der Waals surface area contributed by atoms with E-state index in [-0.39, 0.29) is 22.8 Å². The zero-order chi connectivity index (χ0) is 13.5. The Morgan fingerprint density at radius 3 is 2.72 bits per heavy atom. The number of nitrogens with one attached hydrogen (secondary N) is 1. The molecule has 0 bridgehead atoms. The van der Waals surface area contributed by atoms with Crippen molar-refractivity contribution in [2.75, 3.05) is 0 Å². The number of amides is 1. The third-order valence-electron chi connectivity index (χ3n) is 3.07. The fourth-order valence-electron chi connectivity index (χ4n) is 2.28. The second kappa shape index (κ2) is 4.04. The summed E-state index contributed by atoms with van der Waals surface area (Å²) in [4.78, 5) is 13.6. The van der Waals surface area contributed by atoms with Crippen LogP contribution in [0.4, 0.5) is 0 Å². The molecule has 0 saturated carbocycles. The molecule has 2 rings (SSSR count). The van der Waals surface area contributed by atoms with Gasteiger partial charge < -0.3 is 15.7 Å². The predicted octanol–water partition coefficient (Wildman–Crippen LogP) is 0.895. The largest absolute Gasteiger partial charge is 0.508 e. The van der Waals surface area contributed by atoms with Gasteiger partial charge in [-0.25, -0.2) is 0 Å². The van der Waals surface area contributed by atoms with Gasteiger partial charge in [0.25, 0.3) is 5.91 Å². The standard InChI is InChI=1S/C12H18N4O2/c1-12(2,3)10-9(17)8(13)11(18)16(10)6-7-4-14-15-5-7/h4-5,10,17H,6,13H2,1-3H3,(H,14,15)/t10-/m1/s1. The van der Waals surface area contributed by atoms with Crippen molar-refractivity contribution in [2.45, 2.75) is 33.4 Å². The minimum atomic E-state index is -0.403. The molecule has 1 aromatic rings. The van der Waals surface area contributed by atoms with Gasteiger partial charge in [0.15, 0.2) is 0 Å². The molecule has 6 heteroatoms. The van der Waals surface area contributed by atoms with Crippen molar-refractivity contribution < 1.29 is 9.90 Å². The lowest BCUT2D eigenvalue weighted by molar-refractivity contribution is -0.129. The highest BCUT2D eigenvalue weighted by Crippen LogP contribution is 2.35. The Labute approximate surface area is 105 Å². The van der Waals surface area contributed by atoms with Gasteiger partial charge in [-0.05, 0) is 5.41 Å². The van der Waals surface area contributed by atoms with Gasteiger partial charge in [0.1, 0.15) is 11.5 Å². The summed E-state index contributed by atoms with van der Waals surface area (Å²) in [5, 5.41) is 16.6. The van der Waals surface area contributed by atoms with Crippen LogP contribution in [0.25, 0.3) is 0 Å². The van der Waals surface area contributed by atoms with Crippen LogP contribution >= 0.6 is 0 Å². The molecule has 1 amide bonds. The number of aromatic amines is 1. The summed E-state index contributed by atoms with van der Waals surface area (Å²) in [7, 11) is 0. The molecule has 1 aromatic heterocycles. The molecular formula is C12H18N4O2. The van der Waals surface area contributed by atoms with E-state index in [1.165, 1.54) is 0 Å². The van der Waals surface area contributed by atoms with Gasteiger partial charge in [0.2, 0.25) is 0 Å². The molecule has 0 radical (unpaired) electrons. The number of carbonyl (C=O) groups is 1. The predicted molar refractivity (Wildman–Crippen MR) is 66.2 cm³/mol. The van der Waals surface area contributed by atoms with Crippen LogP contribution in [0.5, 0.6) is 0 Å². The SMILES string of the molecule is CC(C)(C)[C@H]1C(O)=C(N)C(=O)N1Cc1cn[nH]c1. The minimum absolute atomic E-state index is 0.0315. The monoisotopic (exact) mass is 250 g/mol. The molecule has 0 aromatic carbocycles. The summed E-state index contributed by atoms with van der Waals surface area (Å²) in [5.74, 6) is -0.357. The van der Waals surface area contributed by atoms with Crippen molar-refractivity contribution in [3.63, 3.8) is 0 Å². The number of hydrogen-bond donors (Lipinski definition) is 3. The molecule has 18 heavy (non-hydrogen) atoms. The van der Waals surface area contributed by atoms with E-state index in [2.05, 4.69) is 10.2 Å². The highest BCUT2D eigenvalue weighted by atomic mass is 16.3. The molecule has 0 spiro atoms. The van der Waals surface area contributed by atoms with Crippen LogP contribution in [0, 0.1) is 5.41 Å². The van der Waals surface area contributed by atoms with Crippen LogP contribution in [-0.4, -0.2) is 32.2 Å². The number of hydrogen-bond acceptors (Lipinski definition) is 4. The molecule has 2 heterocycles. The van der Waals surface area contributed by atoms with Gasteiger partial charge in [-0.1, -0.05) is 20.8 Å². The van der Waals surface area contributed by atoms with E-state index in [1.54, 1.807) is 17.3 Å². The highest BCUT2D eigenvalue weighted by Gasteiger charge is 2.44. The van der Waals surface area contributed by atoms with E-state index in [1.807, 2.05) is 20.8 Å². The first-order valence-corrected chi connectivity index (χ1v) is 5.79.